The summed E-state index contributed by atoms with van der Waals surface area (Å²) >= 11 is 0. The Morgan fingerprint density at radius 1 is 0.233 bits per heavy atom. The quantitative estimate of drug-likeness (QED) is 0.0341. The zero-order valence-electron chi connectivity index (χ0n) is 73.7. The highest BCUT2D eigenvalue weighted by Gasteiger charge is 2.38. The van der Waals surface area contributed by atoms with Crippen molar-refractivity contribution in [1.82, 2.24) is 39.9 Å². The van der Waals surface area contributed by atoms with E-state index in [4.69, 9.17) is 49.3 Å². The van der Waals surface area contributed by atoms with Crippen LogP contribution in [0.5, 0.6) is 0 Å². The van der Waals surface area contributed by atoms with E-state index in [-0.39, 0.29) is 24.4 Å². The highest BCUT2D eigenvalue weighted by atomic mass is 16.5. The monoisotopic (exact) mass is 1570 g/mol. The van der Waals surface area contributed by atoms with Crippen molar-refractivity contribution >= 4 is 0 Å². The van der Waals surface area contributed by atoms with Gasteiger partial charge in [-0.2, -0.15) is 0 Å². The van der Waals surface area contributed by atoms with Crippen molar-refractivity contribution in [1.29, 1.82) is 0 Å². The van der Waals surface area contributed by atoms with Crippen LogP contribution in [-0.4, -0.2) is 39.9 Å². The van der Waals surface area contributed by atoms with E-state index in [2.05, 4.69) is 152 Å². The predicted molar refractivity (Wildman–Crippen MR) is 485 cm³/mol. The lowest BCUT2D eigenvalue weighted by Crippen LogP contribution is -2.28. The molecule has 4 aromatic carbocycles. The summed E-state index contributed by atoms with van der Waals surface area (Å²) in [5.74, 6) is 5.48. The van der Waals surface area contributed by atoms with Crippen LogP contribution in [0.15, 0.2) is 147 Å². The van der Waals surface area contributed by atoms with E-state index in [0.717, 1.165) is 117 Å². The van der Waals surface area contributed by atoms with Gasteiger partial charge in [0.25, 0.3) is 0 Å². The van der Waals surface area contributed by atoms with Crippen molar-refractivity contribution in [3.05, 3.63) is 192 Å². The molecule has 0 amide bonds. The van der Waals surface area contributed by atoms with E-state index >= 15 is 0 Å². The van der Waals surface area contributed by atoms with Crippen LogP contribution < -0.4 is 0 Å². The summed E-state index contributed by atoms with van der Waals surface area (Å²) in [6.07, 6.45) is 73.9. The van der Waals surface area contributed by atoms with Crippen LogP contribution in [0.3, 0.4) is 0 Å². The molecule has 12 rings (SSSR count). The molecule has 4 atom stereocenters. The summed E-state index contributed by atoms with van der Waals surface area (Å²) in [7, 11) is 0. The van der Waals surface area contributed by atoms with E-state index < -0.39 is 0 Å². The van der Waals surface area contributed by atoms with Gasteiger partial charge in [-0.3, -0.25) is 39.9 Å². The van der Waals surface area contributed by atoms with Gasteiger partial charge in [0.1, 0.15) is 0 Å². The van der Waals surface area contributed by atoms with Crippen molar-refractivity contribution in [3.63, 3.8) is 0 Å². The Kier molecular flexibility index (Phi) is 38.9. The topological polar surface area (TPSA) is 122 Å². The fourth-order valence-corrected chi connectivity index (χ4v) is 19.9. The zero-order chi connectivity index (χ0) is 80.7. The number of benzene rings is 4. The number of rotatable bonds is 46. The fraction of sp³-hybridized carbons (Fsp3) is 0.623. The normalized spacial score (nSPS) is 20.8. The number of hydrogen-bond acceptors (Lipinski definition) is 10. The first-order valence-electron chi connectivity index (χ1n) is 48.1. The van der Waals surface area contributed by atoms with Gasteiger partial charge in [0.05, 0.1) is 94.8 Å². The number of aromatic nitrogens is 8. The number of unbranched alkanes of at least 4 members (excludes halogenated alkanes) is 16. The fourth-order valence-electron chi connectivity index (χ4n) is 19.9. The van der Waals surface area contributed by atoms with Gasteiger partial charge in [-0.05, 0) is 172 Å². The largest absolute Gasteiger partial charge is 0.365 e. The van der Waals surface area contributed by atoms with Crippen molar-refractivity contribution in [2.75, 3.05) is 0 Å². The Morgan fingerprint density at radius 3 is 0.638 bits per heavy atom. The van der Waals surface area contributed by atoms with E-state index in [9.17, 15) is 0 Å². The van der Waals surface area contributed by atoms with E-state index in [0.29, 0.717) is 23.7 Å². The van der Waals surface area contributed by atoms with Gasteiger partial charge in [0.15, 0.2) is 0 Å². The molecule has 10 nitrogen and oxygen atoms in total. The van der Waals surface area contributed by atoms with Crippen molar-refractivity contribution < 1.29 is 9.47 Å². The molecule has 4 aliphatic carbocycles. The second-order valence-corrected chi connectivity index (χ2v) is 36.2. The van der Waals surface area contributed by atoms with Gasteiger partial charge >= 0.3 is 0 Å². The summed E-state index contributed by atoms with van der Waals surface area (Å²) in [5.41, 5.74) is 18.0. The maximum atomic E-state index is 7.68. The SMILES string of the molecule is CCCCCCCc1cnc(-c2ccc(C(OC(c3ccc(-c4cnc(CCCCCCC)cn4)cc3)[C@H]3CC[C@H](CC)CC3)[C@H]3CC[C@H](CC)CC3)cc2)cn1.CCCCCCCc1cnc(-c2ccc(C(OC(c3ccc(-c4cnc(CCCCCCC)cn4)cc3)[C@H]3CC[C@H](CCC)CC3)[C@H]3CC[C@H](CCC)CC3)cc2)cn1. The summed E-state index contributed by atoms with van der Waals surface area (Å²) < 4.78 is 15.3. The van der Waals surface area contributed by atoms with Crippen LogP contribution in [0.4, 0.5) is 0 Å². The highest BCUT2D eigenvalue weighted by molar-refractivity contribution is 5.61. The van der Waals surface area contributed by atoms with Gasteiger partial charge in [-0.15, -0.1) is 0 Å². The number of aryl methyl sites for hydroxylation is 4. The van der Waals surface area contributed by atoms with Crippen molar-refractivity contribution in [2.45, 2.75) is 375 Å². The van der Waals surface area contributed by atoms with Crippen molar-refractivity contribution in [3.8, 4) is 45.0 Å². The molecule has 4 aliphatic rings. The third kappa shape index (κ3) is 28.1. The Morgan fingerprint density at radius 2 is 0.448 bits per heavy atom. The van der Waals surface area contributed by atoms with Gasteiger partial charge in [-0.25, -0.2) is 0 Å². The molecule has 0 spiro atoms. The highest BCUT2D eigenvalue weighted by Crippen LogP contribution is 2.50. The van der Waals surface area contributed by atoms with E-state index in [1.807, 2.05) is 49.6 Å². The van der Waals surface area contributed by atoms with Crippen LogP contribution in [0.25, 0.3) is 45.0 Å². The van der Waals surface area contributed by atoms with Crippen LogP contribution in [0.1, 0.15) is 395 Å². The minimum Gasteiger partial charge on any atom is -0.365 e. The Balaban J connectivity index is 0.000000228. The zero-order valence-corrected chi connectivity index (χ0v) is 73.7. The van der Waals surface area contributed by atoms with Gasteiger partial charge in [0.2, 0.25) is 0 Å². The smallest absolute Gasteiger partial charge is 0.0885 e. The predicted octanol–water partition coefficient (Wildman–Crippen LogP) is 30.5. The molecule has 4 heterocycles. The minimum atomic E-state index is 0.0613. The molecule has 116 heavy (non-hydrogen) atoms. The lowest BCUT2D eigenvalue weighted by atomic mass is 9.75. The third-order valence-electron chi connectivity index (χ3n) is 27.5. The second-order valence-electron chi connectivity index (χ2n) is 36.2. The molecule has 0 bridgehead atoms. The Bertz CT molecular complexity index is 3640. The Hall–Kier alpha value is -6.88. The summed E-state index contributed by atoms with van der Waals surface area (Å²) in [6.45, 7) is 18.5. The molecule has 4 aromatic heterocycles. The lowest BCUT2D eigenvalue weighted by molar-refractivity contribution is -0.0907. The standard InChI is InChI=1S/C54H78N4O.C52H74N4O/c1-5-9-11-13-15-19-49-37-57-51(39-55-49)43-29-33-47(34-30-43)53(45-25-21-41(17-7-3)22-26-45)59-54(46-27-23-42(18-8-4)24-28-46)48-35-31-44(32-36-48)52-40-56-50(38-58-52)20-16-14-12-10-6-2;1-5-9-11-13-15-17-47-35-55-49(37-53-47)41-27-31-45(32-28-41)51(43-23-19-39(7-3)20-24-43)57-52(44-25-21-40(8-4)22-26-44)46-33-29-42(30-34-46)50-38-54-48(36-56-50)18-16-14-12-10-6-2/h29-42,45-46,53-54H,5-28H2,1-4H3;27-40,43-44,51-52H,5-26H2,1-4H3/t41-,42-,45-,46-,53?,54?;39-,40-,43-,44-,51?,52?. The first-order valence-corrected chi connectivity index (χ1v) is 48.1. The first-order chi connectivity index (χ1) is 57.2. The molecule has 4 unspecified atom stereocenters. The Labute approximate surface area is 704 Å². The third-order valence-corrected chi connectivity index (χ3v) is 27.5. The van der Waals surface area contributed by atoms with Crippen LogP contribution in [0, 0.1) is 47.3 Å². The van der Waals surface area contributed by atoms with Crippen LogP contribution in [-0.2, 0) is 35.2 Å². The van der Waals surface area contributed by atoms with E-state index in [1.54, 1.807) is 0 Å². The summed E-state index contributed by atoms with van der Waals surface area (Å²) in [4.78, 5) is 38.7. The van der Waals surface area contributed by atoms with Gasteiger partial charge in [-0.1, -0.05) is 345 Å². The molecule has 10 heteroatoms. The lowest BCUT2D eigenvalue weighted by Gasteiger charge is -2.40. The summed E-state index contributed by atoms with van der Waals surface area (Å²) in [5, 5.41) is 0. The van der Waals surface area contributed by atoms with Crippen molar-refractivity contribution in [2.24, 2.45) is 47.3 Å². The van der Waals surface area contributed by atoms with Gasteiger partial charge in [0, 0.05) is 47.0 Å². The van der Waals surface area contributed by atoms with Crippen LogP contribution >= 0.6 is 0 Å². The molecule has 0 saturated heterocycles. The molecule has 8 aromatic rings. The van der Waals surface area contributed by atoms with Crippen LogP contribution in [0.2, 0.25) is 0 Å². The number of ether oxygens (including phenoxy) is 2. The number of nitrogens with zero attached hydrogens (tertiary/aromatic N) is 8. The minimum absolute atomic E-state index is 0.0613. The maximum absolute atomic E-state index is 7.68. The average Bonchev–Trinajstić information content (AvgIpc) is 0.801. The summed E-state index contributed by atoms with van der Waals surface area (Å²) in [6, 6.07) is 36.8. The first kappa shape index (κ1) is 89.9. The van der Waals surface area contributed by atoms with Gasteiger partial charge < -0.3 is 9.47 Å². The molecule has 4 saturated carbocycles. The average molecular weight is 1570 g/mol. The van der Waals surface area contributed by atoms with E-state index in [1.165, 1.54) is 292 Å². The second kappa shape index (κ2) is 50.3. The molecular formula is C106H152N8O2. The molecule has 4 fully saturated rings. The molecule has 0 aliphatic heterocycles. The molecule has 0 N–H and O–H groups in total. The maximum Gasteiger partial charge on any atom is 0.0885 e. The molecule has 0 radical (unpaired) electrons. The molecule has 628 valence electrons. The molecular weight excluding hydrogens is 1420 g/mol. The number of hydrogen-bond donors (Lipinski definition) is 0.